The van der Waals surface area contributed by atoms with Crippen molar-refractivity contribution < 1.29 is 24.2 Å². The van der Waals surface area contributed by atoms with Gasteiger partial charge in [0.2, 0.25) is 17.7 Å². The van der Waals surface area contributed by atoms with Crippen molar-refractivity contribution in [2.45, 2.75) is 55.1 Å². The summed E-state index contributed by atoms with van der Waals surface area (Å²) < 4.78 is 4.46. The molecule has 3 amide bonds. The third-order valence-corrected chi connectivity index (χ3v) is 9.73. The van der Waals surface area contributed by atoms with E-state index >= 15 is 0 Å². The van der Waals surface area contributed by atoms with E-state index in [0.717, 1.165) is 38.9 Å². The van der Waals surface area contributed by atoms with Gasteiger partial charge >= 0.3 is 0 Å². The third-order valence-electron chi connectivity index (χ3n) is 7.74. The number of rotatable bonds is 10. The highest BCUT2D eigenvalue weighted by molar-refractivity contribution is 8.02. The Labute approximate surface area is 200 Å². The van der Waals surface area contributed by atoms with Crippen LogP contribution in [0.1, 0.15) is 39.5 Å². The minimum Gasteiger partial charge on any atom is -0.396 e. The molecule has 4 heterocycles. The molecule has 33 heavy (non-hydrogen) atoms. The molecule has 0 saturated carbocycles. The molecule has 4 fully saturated rings. The van der Waals surface area contributed by atoms with E-state index in [1.165, 1.54) is 0 Å². The van der Waals surface area contributed by atoms with Crippen LogP contribution >= 0.6 is 11.8 Å². The zero-order chi connectivity index (χ0) is 23.6. The average molecular weight is 483 g/mol. The topological polar surface area (TPSA) is 111 Å². The molecule has 3 N–H and O–H groups in total. The lowest BCUT2D eigenvalue weighted by Gasteiger charge is -2.35. The number of nitrogens with one attached hydrogen (secondary N) is 2. The fourth-order valence-electron chi connectivity index (χ4n) is 6.23. The molecule has 0 aliphatic carbocycles. The maximum Gasteiger partial charge on any atom is 0.244 e. The van der Waals surface area contributed by atoms with Gasteiger partial charge in [-0.05, 0) is 32.6 Å². The SMILES string of the molecule is CCCNC(=O)[C@H]1[C@H]2C(=O)N(CCCO)C(C(=O)NCCN3CCOCC3)C23CC[C@]1(C)S3. The number of fused-ring (bicyclic) bond motifs is 1. The van der Waals surface area contributed by atoms with Crippen molar-refractivity contribution in [3.8, 4) is 0 Å². The summed E-state index contributed by atoms with van der Waals surface area (Å²) in [5.74, 6) is -1.24. The molecule has 186 valence electrons. The monoisotopic (exact) mass is 482 g/mol. The molecule has 0 aromatic heterocycles. The van der Waals surface area contributed by atoms with E-state index in [1.54, 1.807) is 16.7 Å². The number of morpholine rings is 1. The smallest absolute Gasteiger partial charge is 0.244 e. The van der Waals surface area contributed by atoms with Crippen molar-refractivity contribution in [1.29, 1.82) is 0 Å². The molecule has 4 saturated heterocycles. The van der Waals surface area contributed by atoms with Gasteiger partial charge in [-0.15, -0.1) is 11.8 Å². The van der Waals surface area contributed by atoms with Crippen LogP contribution in [0, 0.1) is 11.8 Å². The van der Waals surface area contributed by atoms with Crippen LogP contribution in [0.15, 0.2) is 0 Å². The molecule has 10 heteroatoms. The number of amides is 3. The minimum atomic E-state index is -0.609. The lowest BCUT2D eigenvalue weighted by Crippen LogP contribution is -2.55. The fraction of sp³-hybridized carbons (Fsp3) is 0.870. The Hall–Kier alpha value is -1.36. The van der Waals surface area contributed by atoms with E-state index in [9.17, 15) is 19.5 Å². The Bertz CT molecular complexity index is 763. The summed E-state index contributed by atoms with van der Waals surface area (Å²) in [7, 11) is 0. The highest BCUT2D eigenvalue weighted by atomic mass is 32.2. The number of ether oxygens (including phenoxy) is 1. The number of thioether (sulfide) groups is 1. The summed E-state index contributed by atoms with van der Waals surface area (Å²) >= 11 is 1.69. The normalized spacial score (nSPS) is 35.7. The van der Waals surface area contributed by atoms with E-state index in [1.807, 2.05) is 6.92 Å². The first-order valence-electron chi connectivity index (χ1n) is 12.3. The highest BCUT2D eigenvalue weighted by Gasteiger charge is 2.76. The first-order valence-corrected chi connectivity index (χ1v) is 13.2. The van der Waals surface area contributed by atoms with Crippen LogP contribution in [0.4, 0.5) is 0 Å². The van der Waals surface area contributed by atoms with Crippen LogP contribution in [-0.4, -0.2) is 107 Å². The van der Waals surface area contributed by atoms with Crippen molar-refractivity contribution in [3.05, 3.63) is 0 Å². The van der Waals surface area contributed by atoms with E-state index in [2.05, 4.69) is 22.5 Å². The second-order valence-corrected chi connectivity index (χ2v) is 11.8. The number of aliphatic hydroxyl groups excluding tert-OH is 1. The number of aliphatic hydroxyl groups is 1. The van der Waals surface area contributed by atoms with Crippen LogP contribution < -0.4 is 10.6 Å². The van der Waals surface area contributed by atoms with Gasteiger partial charge in [0.1, 0.15) is 6.04 Å². The summed E-state index contributed by atoms with van der Waals surface area (Å²) in [6, 6.07) is -0.609. The van der Waals surface area contributed by atoms with Gasteiger partial charge in [0.25, 0.3) is 0 Å². The van der Waals surface area contributed by atoms with Gasteiger partial charge < -0.3 is 25.4 Å². The van der Waals surface area contributed by atoms with Gasteiger partial charge in [-0.1, -0.05) is 6.92 Å². The maximum absolute atomic E-state index is 13.7. The molecular formula is C23H38N4O5S. The number of likely N-dealkylation sites (tertiary alicyclic amines) is 1. The molecular weight excluding hydrogens is 444 g/mol. The Kier molecular flexibility index (Phi) is 7.57. The van der Waals surface area contributed by atoms with Crippen molar-refractivity contribution in [1.82, 2.24) is 20.4 Å². The van der Waals surface area contributed by atoms with E-state index in [-0.39, 0.29) is 29.1 Å². The summed E-state index contributed by atoms with van der Waals surface area (Å²) in [5, 5.41) is 15.5. The summed E-state index contributed by atoms with van der Waals surface area (Å²) in [4.78, 5) is 44.3. The van der Waals surface area contributed by atoms with Gasteiger partial charge in [0.15, 0.2) is 0 Å². The predicted molar refractivity (Wildman–Crippen MR) is 126 cm³/mol. The molecule has 0 aromatic rings. The van der Waals surface area contributed by atoms with Crippen LogP contribution in [-0.2, 0) is 19.1 Å². The summed E-state index contributed by atoms with van der Waals surface area (Å²) in [5.41, 5.74) is 0. The molecule has 1 spiro atoms. The molecule has 9 nitrogen and oxygen atoms in total. The molecule has 4 aliphatic heterocycles. The molecule has 2 bridgehead atoms. The molecule has 4 rings (SSSR count). The zero-order valence-corrected chi connectivity index (χ0v) is 20.6. The lowest BCUT2D eigenvalue weighted by molar-refractivity contribution is -0.140. The molecule has 4 aliphatic rings. The van der Waals surface area contributed by atoms with Crippen LogP contribution in [0.25, 0.3) is 0 Å². The third kappa shape index (κ3) is 4.39. The predicted octanol–water partition coefficient (Wildman–Crippen LogP) is -0.175. The van der Waals surface area contributed by atoms with E-state index < -0.39 is 22.6 Å². The first kappa shape index (κ1) is 24.8. The lowest BCUT2D eigenvalue weighted by atomic mass is 9.66. The van der Waals surface area contributed by atoms with Crippen molar-refractivity contribution >= 4 is 29.5 Å². The van der Waals surface area contributed by atoms with Gasteiger partial charge in [-0.25, -0.2) is 0 Å². The summed E-state index contributed by atoms with van der Waals surface area (Å²) in [6.45, 7) is 9.36. The van der Waals surface area contributed by atoms with Gasteiger partial charge in [-0.3, -0.25) is 19.3 Å². The van der Waals surface area contributed by atoms with Crippen molar-refractivity contribution in [2.75, 3.05) is 59.1 Å². The number of nitrogens with zero attached hydrogens (tertiary/aromatic N) is 2. The largest absolute Gasteiger partial charge is 0.396 e. The number of carbonyl (C=O) groups excluding carboxylic acids is 3. The van der Waals surface area contributed by atoms with E-state index in [0.29, 0.717) is 39.3 Å². The average Bonchev–Trinajstić information content (AvgIpc) is 3.37. The first-order chi connectivity index (χ1) is 15.9. The van der Waals surface area contributed by atoms with Gasteiger partial charge in [-0.2, -0.15) is 0 Å². The second-order valence-electron chi connectivity index (χ2n) is 9.87. The molecule has 0 aromatic carbocycles. The van der Waals surface area contributed by atoms with Crippen LogP contribution in [0.2, 0.25) is 0 Å². The van der Waals surface area contributed by atoms with Crippen molar-refractivity contribution in [3.63, 3.8) is 0 Å². The highest BCUT2D eigenvalue weighted by Crippen LogP contribution is 2.71. The Morgan fingerprint density at radius 2 is 1.88 bits per heavy atom. The molecule has 5 atom stereocenters. The van der Waals surface area contributed by atoms with Crippen LogP contribution in [0.3, 0.4) is 0 Å². The fourth-order valence-corrected chi connectivity index (χ4v) is 8.58. The number of hydrogen-bond donors (Lipinski definition) is 3. The molecule has 2 unspecified atom stereocenters. The zero-order valence-electron chi connectivity index (χ0n) is 19.8. The second kappa shape index (κ2) is 10.1. The van der Waals surface area contributed by atoms with Gasteiger partial charge in [0, 0.05) is 50.6 Å². The number of carbonyl (C=O) groups is 3. The van der Waals surface area contributed by atoms with Gasteiger partial charge in [0.05, 0.1) is 29.8 Å². The Morgan fingerprint density at radius 1 is 1.15 bits per heavy atom. The Morgan fingerprint density at radius 3 is 2.58 bits per heavy atom. The number of hydrogen-bond acceptors (Lipinski definition) is 7. The quantitative estimate of drug-likeness (QED) is 0.396. The standard InChI is InChI=1S/C23H38N4O5S/c1-3-7-24-19(29)16-17-21(31)27(9-4-13-28)18(23(17)6-5-22(16,2)33-23)20(30)25-8-10-26-11-14-32-15-12-26/h16-18,28H,3-15H2,1-2H3,(H,24,29)(H,25,30)/t16-,17+,18?,22+,23?/m1/s1. The Balaban J connectivity index is 1.54. The van der Waals surface area contributed by atoms with E-state index in [4.69, 9.17) is 4.74 Å². The minimum absolute atomic E-state index is 0.0436. The van der Waals surface area contributed by atoms with Crippen LogP contribution in [0.5, 0.6) is 0 Å². The maximum atomic E-state index is 13.7. The molecule has 0 radical (unpaired) electrons. The summed E-state index contributed by atoms with van der Waals surface area (Å²) in [6.07, 6.45) is 2.82. The van der Waals surface area contributed by atoms with Crippen molar-refractivity contribution in [2.24, 2.45) is 11.8 Å².